The summed E-state index contributed by atoms with van der Waals surface area (Å²) in [6.45, 7) is 10.3. The molecule has 0 amide bonds. The van der Waals surface area contributed by atoms with Crippen molar-refractivity contribution in [3.63, 3.8) is 0 Å². The summed E-state index contributed by atoms with van der Waals surface area (Å²) in [7, 11) is 0. The fourth-order valence-corrected chi connectivity index (χ4v) is 1.10. The van der Waals surface area contributed by atoms with E-state index in [1.165, 1.54) is 5.57 Å². The largest absolute Gasteiger partial charge is 0.384 e. The van der Waals surface area contributed by atoms with Gasteiger partial charge in [0.05, 0.1) is 0 Å². The summed E-state index contributed by atoms with van der Waals surface area (Å²) >= 11 is 0. The van der Waals surface area contributed by atoms with Gasteiger partial charge in [0.25, 0.3) is 0 Å². The van der Waals surface area contributed by atoms with E-state index >= 15 is 0 Å². The molecular weight excluding hydrogens is 136 g/mol. The lowest BCUT2D eigenvalue weighted by Crippen LogP contribution is -2.22. The number of rotatable bonds is 2. The molecule has 2 N–H and O–H groups in total. The first-order chi connectivity index (χ1) is 5.38. The lowest BCUT2D eigenvalue weighted by Gasteiger charge is -2.04. The molecule has 0 aromatic heterocycles. The van der Waals surface area contributed by atoms with Crippen LogP contribution >= 0.6 is 0 Å². The van der Waals surface area contributed by atoms with Gasteiger partial charge in [-0.2, -0.15) is 0 Å². The van der Waals surface area contributed by atoms with Crippen molar-refractivity contribution < 1.29 is 0 Å². The van der Waals surface area contributed by atoms with Crippen LogP contribution in [0.2, 0.25) is 0 Å². The first-order valence-corrected chi connectivity index (χ1v) is 3.81. The second kappa shape index (κ2) is 3.98. The smallest absolute Gasteiger partial charge is 0.0380 e. The Balaban J connectivity index is 2.79. The second-order valence-corrected chi connectivity index (χ2v) is 2.45. The van der Waals surface area contributed by atoms with Gasteiger partial charge in [0.2, 0.25) is 0 Å². The van der Waals surface area contributed by atoms with Gasteiger partial charge < -0.3 is 10.6 Å². The lowest BCUT2D eigenvalue weighted by atomic mass is 10.2. The molecule has 0 aliphatic carbocycles. The zero-order chi connectivity index (χ0) is 8.10. The van der Waals surface area contributed by atoms with Crippen LogP contribution in [0.25, 0.3) is 0 Å². The maximum atomic E-state index is 3.74. The first-order valence-electron chi connectivity index (χ1n) is 3.81. The van der Waals surface area contributed by atoms with Crippen LogP contribution in [-0.4, -0.2) is 19.6 Å². The molecule has 0 radical (unpaired) electrons. The summed E-state index contributed by atoms with van der Waals surface area (Å²) in [6.07, 6.45) is 3.70. The summed E-state index contributed by atoms with van der Waals surface area (Å²) in [5, 5.41) is 6.53. The average molecular weight is 150 g/mol. The van der Waals surface area contributed by atoms with Crippen molar-refractivity contribution in [3.05, 3.63) is 36.6 Å². The minimum Gasteiger partial charge on any atom is -0.384 e. The third kappa shape index (κ3) is 1.95. The summed E-state index contributed by atoms with van der Waals surface area (Å²) in [6, 6.07) is 0. The van der Waals surface area contributed by atoms with Crippen molar-refractivity contribution in [1.29, 1.82) is 0 Å². The Bertz CT molecular complexity index is 172. The van der Waals surface area contributed by atoms with E-state index in [2.05, 4.69) is 23.8 Å². The van der Waals surface area contributed by atoms with E-state index < -0.39 is 0 Å². The molecule has 1 aliphatic rings. The van der Waals surface area contributed by atoms with Crippen molar-refractivity contribution in [3.8, 4) is 0 Å². The van der Waals surface area contributed by atoms with Gasteiger partial charge in [-0.1, -0.05) is 19.2 Å². The van der Waals surface area contributed by atoms with E-state index in [0.717, 1.165) is 25.3 Å². The highest BCUT2D eigenvalue weighted by Gasteiger charge is 2.03. The van der Waals surface area contributed by atoms with Gasteiger partial charge in [-0.05, 0) is 11.6 Å². The molecule has 0 aromatic rings. The van der Waals surface area contributed by atoms with Gasteiger partial charge in [-0.25, -0.2) is 0 Å². The lowest BCUT2D eigenvalue weighted by molar-refractivity contribution is 0.723. The van der Waals surface area contributed by atoms with Gasteiger partial charge in [-0.15, -0.1) is 0 Å². The highest BCUT2D eigenvalue weighted by atomic mass is 15.0. The van der Waals surface area contributed by atoms with Crippen LogP contribution in [-0.2, 0) is 0 Å². The van der Waals surface area contributed by atoms with E-state index in [9.17, 15) is 0 Å². The van der Waals surface area contributed by atoms with Crippen LogP contribution in [0, 0.1) is 0 Å². The molecule has 2 nitrogen and oxygen atoms in total. The Morgan fingerprint density at radius 3 is 2.64 bits per heavy atom. The third-order valence-electron chi connectivity index (χ3n) is 1.73. The van der Waals surface area contributed by atoms with Crippen molar-refractivity contribution >= 4 is 0 Å². The number of nitrogens with one attached hydrogen (secondary N) is 2. The van der Waals surface area contributed by atoms with E-state index in [4.69, 9.17) is 0 Å². The quantitative estimate of drug-likeness (QED) is 0.608. The SMILES string of the molecule is C=CC1=C(C=C)NCCNC1. The molecular formula is C9H14N2. The van der Waals surface area contributed by atoms with Gasteiger partial charge in [0.1, 0.15) is 0 Å². The van der Waals surface area contributed by atoms with Gasteiger partial charge in [0.15, 0.2) is 0 Å². The Hall–Kier alpha value is -1.02. The molecule has 2 heteroatoms. The van der Waals surface area contributed by atoms with Crippen LogP contribution in [0.5, 0.6) is 0 Å². The van der Waals surface area contributed by atoms with Crippen LogP contribution in [0.4, 0.5) is 0 Å². The van der Waals surface area contributed by atoms with E-state index in [1.54, 1.807) is 0 Å². The van der Waals surface area contributed by atoms with Crippen molar-refractivity contribution in [2.45, 2.75) is 0 Å². The Kier molecular flexibility index (Phi) is 2.93. The van der Waals surface area contributed by atoms with E-state index in [-0.39, 0.29) is 0 Å². The Morgan fingerprint density at radius 2 is 2.00 bits per heavy atom. The van der Waals surface area contributed by atoms with Crippen molar-refractivity contribution in [2.24, 2.45) is 0 Å². The van der Waals surface area contributed by atoms with Crippen LogP contribution in [0.1, 0.15) is 0 Å². The molecule has 0 unspecified atom stereocenters. The van der Waals surface area contributed by atoms with E-state index in [0.29, 0.717) is 0 Å². The Labute approximate surface area is 67.7 Å². The first kappa shape index (κ1) is 8.08. The Morgan fingerprint density at radius 1 is 1.18 bits per heavy atom. The summed E-state index contributed by atoms with van der Waals surface area (Å²) in [5.41, 5.74) is 2.29. The zero-order valence-electron chi connectivity index (χ0n) is 6.69. The van der Waals surface area contributed by atoms with Crippen molar-refractivity contribution in [2.75, 3.05) is 19.6 Å². The van der Waals surface area contributed by atoms with Gasteiger partial charge in [-0.3, -0.25) is 0 Å². The third-order valence-corrected chi connectivity index (χ3v) is 1.73. The molecule has 11 heavy (non-hydrogen) atoms. The minimum atomic E-state index is 0.887. The van der Waals surface area contributed by atoms with Gasteiger partial charge >= 0.3 is 0 Å². The van der Waals surface area contributed by atoms with Crippen LogP contribution in [0.15, 0.2) is 36.6 Å². The standard InChI is InChI=1S/C9H14N2/c1-3-8-7-10-5-6-11-9(8)4-2/h3-4,10-11H,1-2,5-7H2. The molecule has 0 saturated carbocycles. The molecule has 60 valence electrons. The second-order valence-electron chi connectivity index (χ2n) is 2.45. The predicted molar refractivity (Wildman–Crippen MR) is 48.3 cm³/mol. The molecule has 1 rings (SSSR count). The molecule has 0 fully saturated rings. The fourth-order valence-electron chi connectivity index (χ4n) is 1.10. The maximum absolute atomic E-state index is 3.74. The monoisotopic (exact) mass is 150 g/mol. The minimum absolute atomic E-state index is 0.887. The number of hydrogen-bond acceptors (Lipinski definition) is 2. The average Bonchev–Trinajstić information content (AvgIpc) is 2.27. The molecule has 0 spiro atoms. The highest BCUT2D eigenvalue weighted by molar-refractivity contribution is 5.31. The molecule has 1 aliphatic heterocycles. The number of hydrogen-bond donors (Lipinski definition) is 2. The predicted octanol–water partition coefficient (Wildman–Crippen LogP) is 0.805. The van der Waals surface area contributed by atoms with Crippen LogP contribution < -0.4 is 10.6 Å². The van der Waals surface area contributed by atoms with E-state index in [1.807, 2.05) is 12.2 Å². The molecule has 1 heterocycles. The normalized spacial score (nSPS) is 18.5. The van der Waals surface area contributed by atoms with Gasteiger partial charge in [0, 0.05) is 25.3 Å². The summed E-state index contributed by atoms with van der Waals surface area (Å²) < 4.78 is 0. The van der Waals surface area contributed by atoms with Crippen molar-refractivity contribution in [1.82, 2.24) is 10.6 Å². The van der Waals surface area contributed by atoms with Crippen LogP contribution in [0.3, 0.4) is 0 Å². The molecule has 0 bridgehead atoms. The molecule has 0 atom stereocenters. The highest BCUT2D eigenvalue weighted by Crippen LogP contribution is 2.04. The maximum Gasteiger partial charge on any atom is 0.0380 e. The summed E-state index contributed by atoms with van der Waals surface area (Å²) in [4.78, 5) is 0. The molecule has 0 saturated heterocycles. The molecule has 0 aromatic carbocycles. The zero-order valence-corrected chi connectivity index (χ0v) is 6.69. The fraction of sp³-hybridized carbons (Fsp3) is 0.333. The summed E-state index contributed by atoms with van der Waals surface area (Å²) in [5.74, 6) is 0. The topological polar surface area (TPSA) is 24.1 Å². The number of allylic oxidation sites excluding steroid dienone is 1.